The molecule has 0 aromatic carbocycles. The zero-order valence-electron chi connectivity index (χ0n) is 9.68. The molecule has 2 aromatic rings. The molecule has 0 bridgehead atoms. The summed E-state index contributed by atoms with van der Waals surface area (Å²) in [6, 6.07) is 0.00602. The second-order valence-corrected chi connectivity index (χ2v) is 6.39. The van der Waals surface area contributed by atoms with E-state index in [1.54, 1.807) is 4.57 Å². The Morgan fingerprint density at radius 3 is 2.89 bits per heavy atom. The third-order valence-corrected chi connectivity index (χ3v) is 4.64. The molecule has 0 aliphatic heterocycles. The topological polar surface area (TPSA) is 83.8 Å². The van der Waals surface area contributed by atoms with E-state index in [0.29, 0.717) is 19.5 Å². The minimum absolute atomic E-state index is 0.00602. The van der Waals surface area contributed by atoms with Crippen molar-refractivity contribution in [2.24, 2.45) is 0 Å². The van der Waals surface area contributed by atoms with Crippen molar-refractivity contribution in [1.82, 2.24) is 19.7 Å². The Kier molecular flexibility index (Phi) is 4.10. The summed E-state index contributed by atoms with van der Waals surface area (Å²) in [5.41, 5.74) is -0.252. The number of hydrogen-bond donors (Lipinski definition) is 2. The van der Waals surface area contributed by atoms with Crippen molar-refractivity contribution in [2.45, 2.75) is 36.0 Å². The fourth-order valence-corrected chi connectivity index (χ4v) is 3.72. The molecule has 0 amide bonds. The summed E-state index contributed by atoms with van der Waals surface area (Å²) >= 11 is 8.38. The smallest absolute Gasteiger partial charge is 0.344 e. The fraction of sp³-hybridized carbons (Fsp3) is 0.444. The predicted octanol–water partition coefficient (Wildman–Crippen LogP) is 1.91. The number of halogens is 1. The number of rotatable bonds is 4. The van der Waals surface area contributed by atoms with Gasteiger partial charge in [0.1, 0.15) is 5.15 Å². The lowest BCUT2D eigenvalue weighted by atomic mass is 10.4. The SMILES string of the molecule is CC(C)n1c(Sc2nc(Cl)c(CO)s2)n[nH]c1=O. The Morgan fingerprint density at radius 2 is 2.33 bits per heavy atom. The highest BCUT2D eigenvalue weighted by molar-refractivity contribution is 8.00. The van der Waals surface area contributed by atoms with Crippen molar-refractivity contribution in [3.63, 3.8) is 0 Å². The monoisotopic (exact) mass is 306 g/mol. The summed E-state index contributed by atoms with van der Waals surface area (Å²) in [5.74, 6) is 0. The van der Waals surface area contributed by atoms with Gasteiger partial charge in [-0.3, -0.25) is 4.57 Å². The molecule has 0 saturated heterocycles. The Morgan fingerprint density at radius 1 is 1.61 bits per heavy atom. The first-order valence-electron chi connectivity index (χ1n) is 5.13. The van der Waals surface area contributed by atoms with Gasteiger partial charge < -0.3 is 5.11 Å². The minimum atomic E-state index is -0.252. The highest BCUT2D eigenvalue weighted by Gasteiger charge is 2.16. The molecule has 18 heavy (non-hydrogen) atoms. The van der Waals surface area contributed by atoms with Crippen LogP contribution in [-0.4, -0.2) is 24.9 Å². The van der Waals surface area contributed by atoms with E-state index in [2.05, 4.69) is 15.2 Å². The van der Waals surface area contributed by atoms with E-state index in [1.165, 1.54) is 23.1 Å². The molecule has 2 rings (SSSR count). The van der Waals surface area contributed by atoms with Gasteiger partial charge >= 0.3 is 5.69 Å². The van der Waals surface area contributed by atoms with Gasteiger partial charge in [-0.15, -0.1) is 16.4 Å². The Labute approximate surface area is 116 Å². The molecular weight excluding hydrogens is 296 g/mol. The largest absolute Gasteiger partial charge is 0.391 e. The van der Waals surface area contributed by atoms with Crippen LogP contribution in [0.2, 0.25) is 5.15 Å². The van der Waals surface area contributed by atoms with Crippen LogP contribution in [0.1, 0.15) is 24.8 Å². The quantitative estimate of drug-likeness (QED) is 0.901. The fourth-order valence-electron chi connectivity index (χ4n) is 1.35. The van der Waals surface area contributed by atoms with Gasteiger partial charge in [-0.05, 0) is 25.6 Å². The summed E-state index contributed by atoms with van der Waals surface area (Å²) in [5, 5.41) is 16.2. The molecule has 0 aliphatic rings. The van der Waals surface area contributed by atoms with E-state index in [-0.39, 0.29) is 18.3 Å². The van der Waals surface area contributed by atoms with Crippen LogP contribution in [0, 0.1) is 0 Å². The zero-order chi connectivity index (χ0) is 13.3. The maximum atomic E-state index is 11.5. The molecular formula is C9H11ClN4O2S2. The summed E-state index contributed by atoms with van der Waals surface area (Å²) in [6.45, 7) is 3.65. The molecule has 0 aliphatic carbocycles. The highest BCUT2D eigenvalue weighted by Crippen LogP contribution is 2.34. The number of nitrogens with zero attached hydrogens (tertiary/aromatic N) is 3. The molecule has 2 aromatic heterocycles. The number of aromatic nitrogens is 4. The van der Waals surface area contributed by atoms with Crippen LogP contribution in [0.3, 0.4) is 0 Å². The van der Waals surface area contributed by atoms with E-state index >= 15 is 0 Å². The standard InChI is InChI=1S/C9H11ClN4O2S2/c1-4(2)14-7(16)12-13-8(14)18-9-11-6(10)5(3-15)17-9/h4,15H,3H2,1-2H3,(H,12,16). The van der Waals surface area contributed by atoms with Gasteiger partial charge in [0, 0.05) is 6.04 Å². The third-order valence-electron chi connectivity index (χ3n) is 2.14. The van der Waals surface area contributed by atoms with E-state index in [9.17, 15) is 4.79 Å². The van der Waals surface area contributed by atoms with Crippen molar-refractivity contribution < 1.29 is 5.11 Å². The van der Waals surface area contributed by atoms with Gasteiger partial charge in [0.25, 0.3) is 0 Å². The minimum Gasteiger partial charge on any atom is -0.391 e. The number of H-pyrrole nitrogens is 1. The number of aliphatic hydroxyl groups is 1. The molecule has 9 heteroatoms. The molecule has 2 N–H and O–H groups in total. The summed E-state index contributed by atoms with van der Waals surface area (Å²) in [4.78, 5) is 16.3. The average molecular weight is 307 g/mol. The lowest BCUT2D eigenvalue weighted by molar-refractivity contribution is 0.285. The van der Waals surface area contributed by atoms with Gasteiger partial charge in [0.05, 0.1) is 11.5 Å². The lowest BCUT2D eigenvalue weighted by Crippen LogP contribution is -2.19. The maximum absolute atomic E-state index is 11.5. The first kappa shape index (κ1) is 13.6. The second kappa shape index (κ2) is 5.43. The number of aromatic amines is 1. The summed E-state index contributed by atoms with van der Waals surface area (Å²) in [7, 11) is 0. The van der Waals surface area contributed by atoms with Gasteiger partial charge in [0.2, 0.25) is 0 Å². The van der Waals surface area contributed by atoms with E-state index in [1.807, 2.05) is 13.8 Å². The molecule has 0 radical (unpaired) electrons. The van der Waals surface area contributed by atoms with Crippen LogP contribution in [0.25, 0.3) is 0 Å². The summed E-state index contributed by atoms with van der Waals surface area (Å²) in [6.07, 6.45) is 0. The number of hydrogen-bond acceptors (Lipinski definition) is 6. The third kappa shape index (κ3) is 2.61. The van der Waals surface area contributed by atoms with E-state index < -0.39 is 0 Å². The molecule has 2 heterocycles. The van der Waals surface area contributed by atoms with Crippen LogP contribution in [0.5, 0.6) is 0 Å². The van der Waals surface area contributed by atoms with Crippen molar-refractivity contribution in [1.29, 1.82) is 0 Å². The normalized spacial score (nSPS) is 11.4. The number of aliphatic hydroxyl groups excluding tert-OH is 1. The molecule has 0 saturated carbocycles. The molecule has 98 valence electrons. The van der Waals surface area contributed by atoms with Gasteiger partial charge in [-0.25, -0.2) is 14.9 Å². The van der Waals surface area contributed by atoms with Crippen LogP contribution >= 0.6 is 34.7 Å². The van der Waals surface area contributed by atoms with Gasteiger partial charge in [-0.2, -0.15) is 0 Å². The van der Waals surface area contributed by atoms with Crippen molar-refractivity contribution in [2.75, 3.05) is 0 Å². The zero-order valence-corrected chi connectivity index (χ0v) is 12.1. The lowest BCUT2D eigenvalue weighted by Gasteiger charge is -2.06. The maximum Gasteiger partial charge on any atom is 0.344 e. The predicted molar refractivity (Wildman–Crippen MR) is 70.4 cm³/mol. The molecule has 0 spiro atoms. The van der Waals surface area contributed by atoms with Crippen molar-refractivity contribution in [3.8, 4) is 0 Å². The van der Waals surface area contributed by atoms with Crippen molar-refractivity contribution in [3.05, 3.63) is 20.5 Å². The highest BCUT2D eigenvalue weighted by atomic mass is 35.5. The average Bonchev–Trinajstić information content (AvgIpc) is 2.82. The Balaban J connectivity index is 2.31. The first-order chi connectivity index (χ1) is 8.52. The second-order valence-electron chi connectivity index (χ2n) is 3.73. The van der Waals surface area contributed by atoms with Crippen LogP contribution in [0.15, 0.2) is 14.3 Å². The number of nitrogens with one attached hydrogen (secondary N) is 1. The summed E-state index contributed by atoms with van der Waals surface area (Å²) < 4.78 is 2.18. The molecule has 0 unspecified atom stereocenters. The Bertz CT molecular complexity index is 604. The molecule has 6 nitrogen and oxygen atoms in total. The van der Waals surface area contributed by atoms with E-state index in [4.69, 9.17) is 16.7 Å². The van der Waals surface area contributed by atoms with Crippen molar-refractivity contribution >= 4 is 34.7 Å². The van der Waals surface area contributed by atoms with Crippen LogP contribution in [-0.2, 0) is 6.61 Å². The van der Waals surface area contributed by atoms with Gasteiger partial charge in [-0.1, -0.05) is 11.6 Å². The Hall–Kier alpha value is -0.830. The molecule has 0 fully saturated rings. The van der Waals surface area contributed by atoms with Crippen LogP contribution in [0.4, 0.5) is 0 Å². The van der Waals surface area contributed by atoms with Gasteiger partial charge in [0.15, 0.2) is 9.50 Å². The van der Waals surface area contributed by atoms with Crippen LogP contribution < -0.4 is 5.69 Å². The first-order valence-corrected chi connectivity index (χ1v) is 7.14. The van der Waals surface area contributed by atoms with E-state index in [0.717, 1.165) is 0 Å². The number of thiazole rings is 1. The molecule has 0 atom stereocenters.